The molecule has 4 nitrogen and oxygen atoms in total. The first-order valence-electron chi connectivity index (χ1n) is 8.23. The summed E-state index contributed by atoms with van der Waals surface area (Å²) in [4.78, 5) is 1.49. The molecule has 0 bridgehead atoms. The maximum absolute atomic E-state index is 12.7. The molecule has 0 radical (unpaired) electrons. The van der Waals surface area contributed by atoms with Gasteiger partial charge in [-0.05, 0) is 41.7 Å². The SMILES string of the molecule is O=S(=O)(NCCC(CCO)c1cccs1)c1cccc2ccccc12. The van der Waals surface area contributed by atoms with Gasteiger partial charge in [0, 0.05) is 23.4 Å². The summed E-state index contributed by atoms with van der Waals surface area (Å²) in [5, 5.41) is 12.9. The number of hydrogen-bond donors (Lipinski definition) is 2. The highest BCUT2D eigenvalue weighted by atomic mass is 32.2. The lowest BCUT2D eigenvalue weighted by molar-refractivity contribution is 0.273. The highest BCUT2D eigenvalue weighted by molar-refractivity contribution is 7.89. The Bertz CT molecular complexity index is 916. The van der Waals surface area contributed by atoms with Crippen molar-refractivity contribution in [2.75, 3.05) is 13.2 Å². The van der Waals surface area contributed by atoms with Gasteiger partial charge < -0.3 is 5.11 Å². The van der Waals surface area contributed by atoms with Crippen molar-refractivity contribution in [1.82, 2.24) is 4.72 Å². The Labute approximate surface area is 152 Å². The van der Waals surface area contributed by atoms with E-state index in [1.165, 1.54) is 4.88 Å². The molecule has 0 saturated carbocycles. The molecule has 0 amide bonds. The van der Waals surface area contributed by atoms with Crippen LogP contribution in [0.5, 0.6) is 0 Å². The van der Waals surface area contributed by atoms with Gasteiger partial charge in [0.15, 0.2) is 0 Å². The van der Waals surface area contributed by atoms with Gasteiger partial charge in [-0.1, -0.05) is 42.5 Å². The minimum atomic E-state index is -3.58. The van der Waals surface area contributed by atoms with Crippen LogP contribution in [0.3, 0.4) is 0 Å². The van der Waals surface area contributed by atoms with Crippen molar-refractivity contribution in [1.29, 1.82) is 0 Å². The minimum Gasteiger partial charge on any atom is -0.396 e. The predicted molar refractivity (Wildman–Crippen MR) is 103 cm³/mol. The van der Waals surface area contributed by atoms with Crippen molar-refractivity contribution in [2.24, 2.45) is 0 Å². The average molecular weight is 376 g/mol. The Kier molecular flexibility index (Phi) is 5.86. The van der Waals surface area contributed by atoms with Crippen molar-refractivity contribution in [3.63, 3.8) is 0 Å². The molecule has 2 N–H and O–H groups in total. The topological polar surface area (TPSA) is 66.4 Å². The fourth-order valence-electron chi connectivity index (χ4n) is 2.98. The molecule has 2 aromatic carbocycles. The molecule has 25 heavy (non-hydrogen) atoms. The number of hydrogen-bond acceptors (Lipinski definition) is 4. The summed E-state index contributed by atoms with van der Waals surface area (Å²) in [6.45, 7) is 0.437. The van der Waals surface area contributed by atoms with Gasteiger partial charge in [-0.25, -0.2) is 13.1 Å². The summed E-state index contributed by atoms with van der Waals surface area (Å²) < 4.78 is 28.1. The lowest BCUT2D eigenvalue weighted by Crippen LogP contribution is -2.26. The number of fused-ring (bicyclic) bond motifs is 1. The lowest BCUT2D eigenvalue weighted by atomic mass is 10.0. The summed E-state index contributed by atoms with van der Waals surface area (Å²) in [5.41, 5.74) is 0. The quantitative estimate of drug-likeness (QED) is 0.630. The van der Waals surface area contributed by atoms with Gasteiger partial charge in [-0.2, -0.15) is 0 Å². The van der Waals surface area contributed by atoms with Gasteiger partial charge in [0.05, 0.1) is 4.90 Å². The second-order valence-corrected chi connectivity index (χ2v) is 8.60. The highest BCUT2D eigenvalue weighted by Gasteiger charge is 2.18. The molecule has 1 atom stereocenters. The summed E-state index contributed by atoms with van der Waals surface area (Å²) in [6.07, 6.45) is 1.29. The van der Waals surface area contributed by atoms with Crippen LogP contribution >= 0.6 is 11.3 Å². The summed E-state index contributed by atoms with van der Waals surface area (Å²) >= 11 is 1.64. The molecule has 0 saturated heterocycles. The molecule has 132 valence electrons. The van der Waals surface area contributed by atoms with Gasteiger partial charge in [0.2, 0.25) is 10.0 Å². The first-order chi connectivity index (χ1) is 12.1. The van der Waals surface area contributed by atoms with E-state index in [0.717, 1.165) is 10.8 Å². The Morgan fingerprint density at radius 3 is 2.56 bits per heavy atom. The van der Waals surface area contributed by atoms with Crippen molar-refractivity contribution in [2.45, 2.75) is 23.7 Å². The van der Waals surface area contributed by atoms with Crippen LogP contribution in [0, 0.1) is 0 Å². The van der Waals surface area contributed by atoms with Gasteiger partial charge in [0.1, 0.15) is 0 Å². The number of sulfonamides is 1. The van der Waals surface area contributed by atoms with Crippen LogP contribution in [0.15, 0.2) is 64.9 Å². The van der Waals surface area contributed by atoms with Crippen molar-refractivity contribution >= 4 is 32.1 Å². The molecule has 1 heterocycles. The minimum absolute atomic E-state index is 0.0959. The smallest absolute Gasteiger partial charge is 0.241 e. The zero-order valence-corrected chi connectivity index (χ0v) is 15.4. The molecule has 0 spiro atoms. The first kappa shape index (κ1) is 18.1. The second kappa shape index (κ2) is 8.10. The first-order valence-corrected chi connectivity index (χ1v) is 10.6. The third-order valence-corrected chi connectivity index (χ3v) is 6.80. The van der Waals surface area contributed by atoms with E-state index in [1.54, 1.807) is 23.5 Å². The van der Waals surface area contributed by atoms with Gasteiger partial charge >= 0.3 is 0 Å². The molecular formula is C19H21NO3S2. The number of rotatable bonds is 8. The van der Waals surface area contributed by atoms with E-state index in [-0.39, 0.29) is 12.5 Å². The highest BCUT2D eigenvalue weighted by Crippen LogP contribution is 2.27. The number of aliphatic hydroxyl groups is 1. The molecule has 0 aliphatic carbocycles. The predicted octanol–water partition coefficient (Wildman–Crippen LogP) is 3.74. The second-order valence-electron chi connectivity index (χ2n) is 5.89. The molecular weight excluding hydrogens is 354 g/mol. The third kappa shape index (κ3) is 4.27. The molecule has 0 aliphatic rings. The molecule has 6 heteroatoms. The van der Waals surface area contributed by atoms with Gasteiger partial charge in [-0.15, -0.1) is 11.3 Å². The van der Waals surface area contributed by atoms with Crippen LogP contribution in [0.25, 0.3) is 10.8 Å². The van der Waals surface area contributed by atoms with Crippen LogP contribution in [-0.4, -0.2) is 26.7 Å². The Hall–Kier alpha value is -1.73. The van der Waals surface area contributed by atoms with Crippen LogP contribution < -0.4 is 4.72 Å². The molecule has 1 unspecified atom stereocenters. The molecule has 0 fully saturated rings. The van der Waals surface area contributed by atoms with E-state index >= 15 is 0 Å². The van der Waals surface area contributed by atoms with E-state index in [2.05, 4.69) is 4.72 Å². The number of aliphatic hydroxyl groups excluding tert-OH is 1. The zero-order chi connectivity index (χ0) is 17.7. The summed E-state index contributed by atoms with van der Waals surface area (Å²) in [6, 6.07) is 16.8. The number of nitrogens with one attached hydrogen (secondary N) is 1. The van der Waals surface area contributed by atoms with Crippen molar-refractivity contribution in [3.8, 4) is 0 Å². The molecule has 0 aliphatic heterocycles. The van der Waals surface area contributed by atoms with Gasteiger partial charge in [0.25, 0.3) is 0 Å². The van der Waals surface area contributed by atoms with Crippen LogP contribution in [0.1, 0.15) is 23.6 Å². The lowest BCUT2D eigenvalue weighted by Gasteiger charge is -2.15. The van der Waals surface area contributed by atoms with E-state index < -0.39 is 10.0 Å². The van der Waals surface area contributed by atoms with Crippen molar-refractivity contribution in [3.05, 3.63) is 64.9 Å². The van der Waals surface area contributed by atoms with E-state index in [0.29, 0.717) is 24.3 Å². The number of thiophene rings is 1. The van der Waals surface area contributed by atoms with Crippen molar-refractivity contribution < 1.29 is 13.5 Å². The monoisotopic (exact) mass is 375 g/mol. The van der Waals surface area contributed by atoms with E-state index in [9.17, 15) is 13.5 Å². The zero-order valence-electron chi connectivity index (χ0n) is 13.8. The summed E-state index contributed by atoms with van der Waals surface area (Å²) in [5.74, 6) is 0.167. The van der Waals surface area contributed by atoms with E-state index in [4.69, 9.17) is 0 Å². The standard InChI is InChI=1S/C19H21NO3S2/c21-13-11-16(18-8-4-14-24-18)10-12-20-25(22,23)19-9-3-6-15-5-1-2-7-17(15)19/h1-9,14,16,20-21H,10-13H2. The Morgan fingerprint density at radius 1 is 1.00 bits per heavy atom. The Balaban J connectivity index is 1.73. The number of benzene rings is 2. The fourth-order valence-corrected chi connectivity index (χ4v) is 5.16. The normalized spacial score (nSPS) is 13.2. The van der Waals surface area contributed by atoms with Crippen LogP contribution in [0.4, 0.5) is 0 Å². The average Bonchev–Trinajstić information content (AvgIpc) is 3.15. The Morgan fingerprint density at radius 2 is 1.80 bits per heavy atom. The summed E-state index contributed by atoms with van der Waals surface area (Å²) in [7, 11) is -3.58. The molecule has 1 aromatic heterocycles. The third-order valence-electron chi connectivity index (χ3n) is 4.25. The maximum atomic E-state index is 12.7. The maximum Gasteiger partial charge on any atom is 0.241 e. The molecule has 3 aromatic rings. The fraction of sp³-hybridized carbons (Fsp3) is 0.263. The van der Waals surface area contributed by atoms with E-state index in [1.807, 2.05) is 47.8 Å². The van der Waals surface area contributed by atoms with Gasteiger partial charge in [-0.3, -0.25) is 0 Å². The largest absolute Gasteiger partial charge is 0.396 e. The molecule has 3 rings (SSSR count). The van der Waals surface area contributed by atoms with Crippen LogP contribution in [-0.2, 0) is 10.0 Å². The van der Waals surface area contributed by atoms with Crippen LogP contribution in [0.2, 0.25) is 0 Å².